The van der Waals surface area contributed by atoms with Crippen LogP contribution in [0.4, 0.5) is 0 Å². The molecule has 1 aromatic rings. The molecule has 0 spiro atoms. The summed E-state index contributed by atoms with van der Waals surface area (Å²) >= 11 is 0. The van der Waals surface area contributed by atoms with Gasteiger partial charge in [0.15, 0.2) is 0 Å². The molecule has 1 saturated carbocycles. The lowest BCUT2D eigenvalue weighted by atomic mass is 9.98. The summed E-state index contributed by atoms with van der Waals surface area (Å²) in [5.74, 6) is -1.60. The van der Waals surface area contributed by atoms with E-state index in [1.165, 1.54) is 16.7 Å². The predicted molar refractivity (Wildman–Crippen MR) is 79.6 cm³/mol. The standard InChI is InChI=1S/C17H19NO3/c1-11-3-2-4-13(9-11)12-5-7-18(8-6-12)16(19)14-10-15(14)17(20)21/h2-5,9,14-15H,6-8,10H2,1H3,(H,20,21). The van der Waals surface area contributed by atoms with Crippen LogP contribution < -0.4 is 0 Å². The Kier molecular flexibility index (Phi) is 3.53. The summed E-state index contributed by atoms with van der Waals surface area (Å²) in [6.07, 6.45) is 3.42. The Labute approximate surface area is 124 Å². The van der Waals surface area contributed by atoms with Crippen LogP contribution in [0.3, 0.4) is 0 Å². The van der Waals surface area contributed by atoms with Crippen molar-refractivity contribution in [3.63, 3.8) is 0 Å². The first-order chi connectivity index (χ1) is 10.1. The summed E-state index contributed by atoms with van der Waals surface area (Å²) in [6, 6.07) is 8.37. The largest absolute Gasteiger partial charge is 0.481 e. The van der Waals surface area contributed by atoms with E-state index in [0.29, 0.717) is 19.5 Å². The van der Waals surface area contributed by atoms with E-state index in [2.05, 4.69) is 31.2 Å². The molecule has 1 amide bonds. The van der Waals surface area contributed by atoms with Crippen LogP contribution in [0.25, 0.3) is 5.57 Å². The Morgan fingerprint density at radius 1 is 1.29 bits per heavy atom. The summed E-state index contributed by atoms with van der Waals surface area (Å²) in [6.45, 7) is 3.34. The molecular weight excluding hydrogens is 266 g/mol. The number of hydrogen-bond acceptors (Lipinski definition) is 2. The Bertz CT molecular complexity index is 620. The summed E-state index contributed by atoms with van der Waals surface area (Å²) in [5.41, 5.74) is 3.72. The zero-order valence-electron chi connectivity index (χ0n) is 12.1. The van der Waals surface area contributed by atoms with Gasteiger partial charge in [0.1, 0.15) is 0 Å². The maximum Gasteiger partial charge on any atom is 0.307 e. The molecule has 4 heteroatoms. The van der Waals surface area contributed by atoms with Crippen molar-refractivity contribution in [1.82, 2.24) is 4.90 Å². The van der Waals surface area contributed by atoms with Gasteiger partial charge in [-0.1, -0.05) is 35.9 Å². The Hall–Kier alpha value is -2.10. The molecule has 1 aliphatic carbocycles. The number of carboxylic acids is 1. The lowest BCUT2D eigenvalue weighted by Gasteiger charge is -2.27. The second kappa shape index (κ2) is 5.35. The first kappa shape index (κ1) is 13.9. The van der Waals surface area contributed by atoms with E-state index < -0.39 is 11.9 Å². The van der Waals surface area contributed by atoms with Crippen LogP contribution in [0.5, 0.6) is 0 Å². The average Bonchev–Trinajstić information content (AvgIpc) is 3.27. The number of aryl methyl sites for hydroxylation is 1. The molecule has 1 aromatic carbocycles. The molecule has 3 rings (SSSR count). The van der Waals surface area contributed by atoms with Crippen molar-refractivity contribution in [3.8, 4) is 0 Å². The summed E-state index contributed by atoms with van der Waals surface area (Å²) < 4.78 is 0. The number of carboxylic acid groups (broad SMARTS) is 1. The number of aliphatic carboxylic acids is 1. The number of hydrogen-bond donors (Lipinski definition) is 1. The second-order valence-electron chi connectivity index (χ2n) is 5.92. The fourth-order valence-corrected chi connectivity index (χ4v) is 2.95. The van der Waals surface area contributed by atoms with Crippen LogP contribution in [0.15, 0.2) is 30.3 Å². The van der Waals surface area contributed by atoms with Crippen molar-refractivity contribution >= 4 is 17.4 Å². The third-order valence-electron chi connectivity index (χ3n) is 4.33. The first-order valence-electron chi connectivity index (χ1n) is 7.34. The van der Waals surface area contributed by atoms with Gasteiger partial charge in [-0.15, -0.1) is 0 Å². The molecule has 0 saturated heterocycles. The van der Waals surface area contributed by atoms with E-state index in [4.69, 9.17) is 5.11 Å². The van der Waals surface area contributed by atoms with E-state index in [-0.39, 0.29) is 11.8 Å². The van der Waals surface area contributed by atoms with Crippen molar-refractivity contribution in [3.05, 3.63) is 41.5 Å². The lowest BCUT2D eigenvalue weighted by Crippen LogP contribution is -2.36. The smallest absolute Gasteiger partial charge is 0.307 e. The number of amides is 1. The maximum absolute atomic E-state index is 12.2. The highest BCUT2D eigenvalue weighted by Gasteiger charge is 2.49. The van der Waals surface area contributed by atoms with Gasteiger partial charge >= 0.3 is 5.97 Å². The van der Waals surface area contributed by atoms with Crippen LogP contribution in [0.2, 0.25) is 0 Å². The van der Waals surface area contributed by atoms with Gasteiger partial charge in [-0.25, -0.2) is 0 Å². The monoisotopic (exact) mass is 285 g/mol. The van der Waals surface area contributed by atoms with Crippen LogP contribution >= 0.6 is 0 Å². The van der Waals surface area contributed by atoms with Gasteiger partial charge in [0, 0.05) is 13.1 Å². The molecule has 0 radical (unpaired) electrons. The molecule has 1 heterocycles. The van der Waals surface area contributed by atoms with Crippen molar-refractivity contribution in [1.29, 1.82) is 0 Å². The molecule has 1 aliphatic heterocycles. The minimum Gasteiger partial charge on any atom is -0.481 e. The fourth-order valence-electron chi connectivity index (χ4n) is 2.95. The minimum atomic E-state index is -0.846. The average molecular weight is 285 g/mol. The lowest BCUT2D eigenvalue weighted by molar-refractivity contribution is -0.141. The third-order valence-corrected chi connectivity index (χ3v) is 4.33. The molecule has 110 valence electrons. The van der Waals surface area contributed by atoms with Crippen LogP contribution in [0, 0.1) is 18.8 Å². The van der Waals surface area contributed by atoms with Crippen molar-refractivity contribution < 1.29 is 14.7 Å². The number of nitrogens with zero attached hydrogens (tertiary/aromatic N) is 1. The van der Waals surface area contributed by atoms with Crippen molar-refractivity contribution in [2.45, 2.75) is 19.8 Å². The summed E-state index contributed by atoms with van der Waals surface area (Å²) in [4.78, 5) is 24.8. The highest BCUT2D eigenvalue weighted by Crippen LogP contribution is 2.40. The van der Waals surface area contributed by atoms with Crippen molar-refractivity contribution in [2.75, 3.05) is 13.1 Å². The summed E-state index contributed by atoms with van der Waals surface area (Å²) in [5, 5.41) is 8.90. The molecule has 4 nitrogen and oxygen atoms in total. The molecular formula is C17H19NO3. The van der Waals surface area contributed by atoms with E-state index in [9.17, 15) is 9.59 Å². The number of carbonyl (C=O) groups excluding carboxylic acids is 1. The molecule has 21 heavy (non-hydrogen) atoms. The number of benzene rings is 1. The van der Waals surface area contributed by atoms with E-state index >= 15 is 0 Å². The predicted octanol–water partition coefficient (Wildman–Crippen LogP) is 2.33. The van der Waals surface area contributed by atoms with Gasteiger partial charge in [0.05, 0.1) is 11.8 Å². The van der Waals surface area contributed by atoms with Crippen molar-refractivity contribution in [2.24, 2.45) is 11.8 Å². The Morgan fingerprint density at radius 2 is 2.10 bits per heavy atom. The maximum atomic E-state index is 12.2. The van der Waals surface area contributed by atoms with Gasteiger partial charge in [0.25, 0.3) is 0 Å². The van der Waals surface area contributed by atoms with Gasteiger partial charge in [-0.05, 0) is 30.9 Å². The fraction of sp³-hybridized carbons (Fsp3) is 0.412. The molecule has 1 fully saturated rings. The van der Waals surface area contributed by atoms with Crippen LogP contribution in [0.1, 0.15) is 24.0 Å². The SMILES string of the molecule is Cc1cccc(C2=CCN(C(=O)C3CC3C(=O)O)CC2)c1. The van der Waals surface area contributed by atoms with Crippen LogP contribution in [-0.4, -0.2) is 35.0 Å². The third kappa shape index (κ3) is 2.84. The number of carbonyl (C=O) groups is 2. The second-order valence-corrected chi connectivity index (χ2v) is 5.92. The number of rotatable bonds is 3. The van der Waals surface area contributed by atoms with E-state index in [1.54, 1.807) is 4.90 Å². The zero-order valence-corrected chi connectivity index (χ0v) is 12.1. The van der Waals surface area contributed by atoms with Gasteiger partial charge in [0.2, 0.25) is 5.91 Å². The highest BCUT2D eigenvalue weighted by atomic mass is 16.4. The molecule has 2 unspecified atom stereocenters. The van der Waals surface area contributed by atoms with E-state index in [1.807, 2.05) is 6.07 Å². The van der Waals surface area contributed by atoms with Gasteiger partial charge in [-0.3, -0.25) is 9.59 Å². The van der Waals surface area contributed by atoms with Gasteiger partial charge in [-0.2, -0.15) is 0 Å². The molecule has 1 N–H and O–H groups in total. The Balaban J connectivity index is 1.64. The summed E-state index contributed by atoms with van der Waals surface area (Å²) in [7, 11) is 0. The topological polar surface area (TPSA) is 57.6 Å². The Morgan fingerprint density at radius 3 is 2.67 bits per heavy atom. The quantitative estimate of drug-likeness (QED) is 0.927. The van der Waals surface area contributed by atoms with Gasteiger partial charge < -0.3 is 10.0 Å². The molecule has 0 aromatic heterocycles. The molecule has 2 aliphatic rings. The minimum absolute atomic E-state index is 0.00180. The van der Waals surface area contributed by atoms with Crippen LogP contribution in [-0.2, 0) is 9.59 Å². The molecule has 0 bridgehead atoms. The zero-order chi connectivity index (χ0) is 15.0. The first-order valence-corrected chi connectivity index (χ1v) is 7.34. The normalized spacial score (nSPS) is 24.4. The highest BCUT2D eigenvalue weighted by molar-refractivity contribution is 5.90. The molecule has 2 atom stereocenters. The van der Waals surface area contributed by atoms with E-state index in [0.717, 1.165) is 6.42 Å².